The van der Waals surface area contributed by atoms with Gasteiger partial charge in [0.05, 0.1) is 18.2 Å². The van der Waals surface area contributed by atoms with E-state index < -0.39 is 40.6 Å². The molecule has 0 amide bonds. The van der Waals surface area contributed by atoms with Gasteiger partial charge in [-0.15, -0.1) is 0 Å². The molecular formula is C17H18BrF6NO2. The Labute approximate surface area is 160 Å². The molecule has 152 valence electrons. The molecule has 0 radical (unpaired) electrons. The highest BCUT2D eigenvalue weighted by Gasteiger charge is 2.43. The van der Waals surface area contributed by atoms with Gasteiger partial charge in [0, 0.05) is 11.5 Å². The fourth-order valence-corrected chi connectivity index (χ4v) is 3.29. The molecule has 1 aromatic rings. The Bertz CT molecular complexity index is 669. The van der Waals surface area contributed by atoms with Crippen LogP contribution in [0.3, 0.4) is 0 Å². The average molecular weight is 462 g/mol. The first-order chi connectivity index (χ1) is 12.3. The molecule has 10 heteroatoms. The Morgan fingerprint density at radius 3 is 1.96 bits per heavy atom. The second kappa shape index (κ2) is 8.62. The molecule has 0 aliphatic rings. The Morgan fingerprint density at radius 2 is 1.63 bits per heavy atom. The molecule has 0 aromatic heterocycles. The number of benzene rings is 1. The summed E-state index contributed by atoms with van der Waals surface area (Å²) < 4.78 is 82.4. The van der Waals surface area contributed by atoms with Crippen LogP contribution in [0.4, 0.5) is 26.3 Å². The monoisotopic (exact) mass is 461 g/mol. The van der Waals surface area contributed by atoms with Crippen molar-refractivity contribution in [3.63, 3.8) is 0 Å². The van der Waals surface area contributed by atoms with Crippen LogP contribution in [0.2, 0.25) is 0 Å². The summed E-state index contributed by atoms with van der Waals surface area (Å²) in [5.41, 5.74) is -4.81. The number of aliphatic imine (C=N–C) groups is 1. The molecule has 0 bridgehead atoms. The summed E-state index contributed by atoms with van der Waals surface area (Å²) in [4.78, 5) is 16.3. The van der Waals surface area contributed by atoms with Crippen LogP contribution in [-0.4, -0.2) is 30.2 Å². The predicted octanol–water partition coefficient (Wildman–Crippen LogP) is 5.50. The summed E-state index contributed by atoms with van der Waals surface area (Å²) >= 11 is 3.15. The molecule has 1 rings (SSSR count). The van der Waals surface area contributed by atoms with Crippen molar-refractivity contribution in [2.24, 2.45) is 10.9 Å². The van der Waals surface area contributed by atoms with E-state index in [4.69, 9.17) is 4.74 Å². The largest absolute Gasteiger partial charge is 0.467 e. The molecule has 0 fully saturated rings. The number of ether oxygens (including phenoxy) is 1. The molecular weight excluding hydrogens is 444 g/mol. The summed E-state index contributed by atoms with van der Waals surface area (Å²) in [7, 11) is 1.13. The number of hydrogen-bond donors (Lipinski definition) is 0. The Balaban J connectivity index is 3.53. The van der Waals surface area contributed by atoms with Gasteiger partial charge in [0.2, 0.25) is 0 Å². The molecule has 0 aliphatic heterocycles. The topological polar surface area (TPSA) is 38.7 Å². The molecule has 2 atom stereocenters. The number of hydrogen-bond acceptors (Lipinski definition) is 3. The zero-order chi connectivity index (χ0) is 21.0. The van der Waals surface area contributed by atoms with E-state index in [0.29, 0.717) is 18.6 Å². The first kappa shape index (κ1) is 23.5. The van der Waals surface area contributed by atoms with Crippen molar-refractivity contribution in [2.75, 3.05) is 12.4 Å². The van der Waals surface area contributed by atoms with E-state index in [1.807, 2.05) is 0 Å². The van der Waals surface area contributed by atoms with Crippen molar-refractivity contribution in [3.8, 4) is 0 Å². The van der Waals surface area contributed by atoms with Gasteiger partial charge in [-0.25, -0.2) is 4.79 Å². The standard InChI is InChI=1S/C17H18BrF6NO2/c1-4-10(2)15(9-18,14(26)27-3)25-8-11-5-12(16(19,20)21)7-13(6-11)17(22,23)24/h5-8,10H,4,9H2,1-3H3/t10-,15?/m0/s1. The van der Waals surface area contributed by atoms with Crippen molar-refractivity contribution in [3.05, 3.63) is 34.9 Å². The highest BCUT2D eigenvalue weighted by atomic mass is 79.9. The fourth-order valence-electron chi connectivity index (χ4n) is 2.36. The van der Waals surface area contributed by atoms with Gasteiger partial charge in [0.1, 0.15) is 0 Å². The van der Waals surface area contributed by atoms with Crippen molar-refractivity contribution in [2.45, 2.75) is 38.2 Å². The van der Waals surface area contributed by atoms with Crippen molar-refractivity contribution < 1.29 is 35.9 Å². The maximum Gasteiger partial charge on any atom is 0.416 e. The van der Waals surface area contributed by atoms with E-state index >= 15 is 0 Å². The Kier molecular flexibility index (Phi) is 7.49. The van der Waals surface area contributed by atoms with Gasteiger partial charge in [-0.05, 0) is 29.7 Å². The van der Waals surface area contributed by atoms with Gasteiger partial charge in [-0.1, -0.05) is 36.2 Å². The second-order valence-corrected chi connectivity index (χ2v) is 6.52. The van der Waals surface area contributed by atoms with Gasteiger partial charge in [-0.3, -0.25) is 4.99 Å². The first-order valence-corrected chi connectivity index (χ1v) is 8.93. The zero-order valence-electron chi connectivity index (χ0n) is 14.7. The van der Waals surface area contributed by atoms with Crippen LogP contribution < -0.4 is 0 Å². The van der Waals surface area contributed by atoms with Crippen LogP contribution in [0.1, 0.15) is 37.0 Å². The molecule has 3 nitrogen and oxygen atoms in total. The Morgan fingerprint density at radius 1 is 1.15 bits per heavy atom. The molecule has 0 heterocycles. The van der Waals surface area contributed by atoms with Crippen LogP contribution in [0.15, 0.2) is 23.2 Å². The molecule has 0 aliphatic carbocycles. The number of alkyl halides is 7. The highest BCUT2D eigenvalue weighted by Crippen LogP contribution is 2.36. The van der Waals surface area contributed by atoms with E-state index in [1.54, 1.807) is 13.8 Å². The SMILES string of the molecule is CC[C@H](C)C(CBr)(N=Cc1cc(C(F)(F)F)cc(C(F)(F)F)c1)C(=O)OC. The molecule has 0 saturated heterocycles. The van der Waals surface area contributed by atoms with Crippen LogP contribution in [0.25, 0.3) is 0 Å². The van der Waals surface area contributed by atoms with E-state index in [-0.39, 0.29) is 17.3 Å². The molecule has 0 spiro atoms. The van der Waals surface area contributed by atoms with Crippen LogP contribution in [0, 0.1) is 5.92 Å². The average Bonchev–Trinajstić information content (AvgIpc) is 2.60. The summed E-state index contributed by atoms with van der Waals surface area (Å²) in [5.74, 6) is -1.12. The van der Waals surface area contributed by atoms with Crippen molar-refractivity contribution >= 4 is 28.1 Å². The van der Waals surface area contributed by atoms with Crippen LogP contribution in [-0.2, 0) is 21.9 Å². The van der Waals surface area contributed by atoms with Gasteiger partial charge in [-0.2, -0.15) is 26.3 Å². The third-order valence-corrected chi connectivity index (χ3v) is 5.08. The lowest BCUT2D eigenvalue weighted by Gasteiger charge is -2.30. The molecule has 27 heavy (non-hydrogen) atoms. The number of carbonyl (C=O) groups is 1. The second-order valence-electron chi connectivity index (χ2n) is 5.96. The number of rotatable bonds is 6. The molecule has 0 saturated carbocycles. The highest BCUT2D eigenvalue weighted by molar-refractivity contribution is 9.09. The van der Waals surface area contributed by atoms with E-state index in [1.165, 1.54) is 0 Å². The van der Waals surface area contributed by atoms with Gasteiger partial charge in [0.25, 0.3) is 0 Å². The van der Waals surface area contributed by atoms with Crippen molar-refractivity contribution in [1.29, 1.82) is 0 Å². The van der Waals surface area contributed by atoms with Crippen LogP contribution in [0.5, 0.6) is 0 Å². The Hall–Kier alpha value is -1.58. The van der Waals surface area contributed by atoms with Crippen LogP contribution >= 0.6 is 15.9 Å². The number of nitrogens with zero attached hydrogens (tertiary/aromatic N) is 1. The third kappa shape index (κ3) is 5.46. The van der Waals surface area contributed by atoms with Gasteiger partial charge in [0.15, 0.2) is 5.54 Å². The summed E-state index contributed by atoms with van der Waals surface area (Å²) in [6, 6.07) is 1.13. The smallest absolute Gasteiger partial charge is 0.416 e. The maximum atomic E-state index is 12.9. The first-order valence-electron chi connectivity index (χ1n) is 7.81. The maximum absolute atomic E-state index is 12.9. The minimum Gasteiger partial charge on any atom is -0.467 e. The molecule has 0 N–H and O–H groups in total. The minimum atomic E-state index is -4.96. The zero-order valence-corrected chi connectivity index (χ0v) is 16.3. The predicted molar refractivity (Wildman–Crippen MR) is 92.0 cm³/mol. The van der Waals surface area contributed by atoms with Gasteiger partial charge < -0.3 is 4.74 Å². The molecule has 1 aromatic carbocycles. The lowest BCUT2D eigenvalue weighted by atomic mass is 9.85. The number of carbonyl (C=O) groups excluding carboxylic acids is 1. The molecule has 1 unspecified atom stereocenters. The lowest BCUT2D eigenvalue weighted by molar-refractivity contribution is -0.148. The minimum absolute atomic E-state index is 0.0106. The quantitative estimate of drug-likeness (QED) is 0.243. The number of esters is 1. The normalized spacial score (nSPS) is 16.2. The summed E-state index contributed by atoms with van der Waals surface area (Å²) in [6.07, 6.45) is -8.60. The van der Waals surface area contributed by atoms with E-state index in [0.717, 1.165) is 13.3 Å². The fraction of sp³-hybridized carbons (Fsp3) is 0.529. The van der Waals surface area contributed by atoms with Crippen molar-refractivity contribution in [1.82, 2.24) is 0 Å². The van der Waals surface area contributed by atoms with E-state index in [2.05, 4.69) is 20.9 Å². The van der Waals surface area contributed by atoms with Gasteiger partial charge >= 0.3 is 18.3 Å². The van der Waals surface area contributed by atoms with E-state index in [9.17, 15) is 31.1 Å². The number of halogens is 7. The summed E-state index contributed by atoms with van der Waals surface area (Å²) in [5, 5.41) is -0.0106. The lowest BCUT2D eigenvalue weighted by Crippen LogP contribution is -2.45. The number of methoxy groups -OCH3 is 1. The third-order valence-electron chi connectivity index (χ3n) is 4.22. The summed E-state index contributed by atoms with van der Waals surface area (Å²) in [6.45, 7) is 3.45.